The number of amidine groups is 2. The predicted octanol–water partition coefficient (Wildman–Crippen LogP) is 14.0. The zero-order chi connectivity index (χ0) is 43.8. The fraction of sp³-hybridized carbons (Fsp3) is 0.880. The van der Waals surface area contributed by atoms with Gasteiger partial charge in [0.05, 0.1) is 39.3 Å². The fourth-order valence-corrected chi connectivity index (χ4v) is 8.80. The topological polar surface area (TPSA) is 105 Å². The molecule has 0 saturated heterocycles. The maximum Gasteiger partial charge on any atom is 0.198 e. The minimum Gasteiger partial charge on any atom is -0.759 e. The molecule has 2 rings (SSSR count). The smallest absolute Gasteiger partial charge is 0.198 e. The van der Waals surface area contributed by atoms with Gasteiger partial charge in [-0.3, -0.25) is 17.4 Å². The molecule has 8 nitrogen and oxygen atoms in total. The predicted molar refractivity (Wildman–Crippen MR) is 256 cm³/mol. The first-order valence-electron chi connectivity index (χ1n) is 25.3. The number of allylic oxidation sites excluding steroid dienone is 4. The molecule has 0 N–H and O–H groups in total. The summed E-state index contributed by atoms with van der Waals surface area (Å²) < 4.78 is 36.4. The number of aliphatic imine (C=N–C) groups is 2. The van der Waals surface area contributed by atoms with Crippen LogP contribution >= 0.6 is 0 Å². The van der Waals surface area contributed by atoms with Crippen LogP contribution < -0.4 is 0 Å². The van der Waals surface area contributed by atoms with E-state index in [1.807, 2.05) is 0 Å². The van der Waals surface area contributed by atoms with Crippen LogP contribution in [0, 0.1) is 0 Å². The van der Waals surface area contributed by atoms with E-state index in [1.54, 1.807) is 0 Å². The molecule has 2 aliphatic heterocycles. The van der Waals surface area contributed by atoms with Crippen molar-refractivity contribution in [1.29, 1.82) is 0 Å². The van der Waals surface area contributed by atoms with E-state index in [4.69, 9.17) is 27.5 Å². The third-order valence-corrected chi connectivity index (χ3v) is 13.0. The summed E-state index contributed by atoms with van der Waals surface area (Å²) in [4.78, 5) is 9.64. The van der Waals surface area contributed by atoms with Crippen molar-refractivity contribution in [3.63, 3.8) is 0 Å². The van der Waals surface area contributed by atoms with Crippen LogP contribution in [0.3, 0.4) is 0 Å². The fourth-order valence-electron chi connectivity index (χ4n) is 8.80. The van der Waals surface area contributed by atoms with Gasteiger partial charge in [-0.1, -0.05) is 154 Å². The molecular formula is C50H98N4O4S. The molecule has 0 saturated carbocycles. The molecule has 0 fully saturated rings. The van der Waals surface area contributed by atoms with E-state index in [0.717, 1.165) is 13.1 Å². The highest BCUT2D eigenvalue weighted by Crippen LogP contribution is 2.21. The molecule has 0 amide bonds. The SMILES string of the molecule is CCCCCCCCC=CCCCCCCCCC1=NCC[N+]1(CC)CC.CCCCCCCCC=CCCCCCCCCC1=NCC[N+]1(CC)CC.O=S(=O)([O-])[O-]. The van der Waals surface area contributed by atoms with Crippen molar-refractivity contribution in [2.45, 2.75) is 234 Å². The summed E-state index contributed by atoms with van der Waals surface area (Å²) in [5.74, 6) is 2.99. The summed E-state index contributed by atoms with van der Waals surface area (Å²) in [5, 5.41) is 0. The Kier molecular flexibility index (Phi) is 38.5. The molecule has 2 heterocycles. The van der Waals surface area contributed by atoms with Gasteiger partial charge < -0.3 is 9.11 Å². The number of quaternary nitrogens is 2. The van der Waals surface area contributed by atoms with Gasteiger partial charge in [0, 0.05) is 23.2 Å². The molecule has 0 bridgehead atoms. The Bertz CT molecular complexity index is 1090. The molecule has 0 aliphatic carbocycles. The molecule has 0 unspecified atom stereocenters. The van der Waals surface area contributed by atoms with Crippen LogP contribution in [0.1, 0.15) is 234 Å². The first-order chi connectivity index (χ1) is 28.6. The summed E-state index contributed by atoms with van der Waals surface area (Å²) in [6.07, 6.45) is 51.0. The second-order valence-electron chi connectivity index (χ2n) is 17.4. The van der Waals surface area contributed by atoms with Crippen molar-refractivity contribution in [3.8, 4) is 0 Å². The van der Waals surface area contributed by atoms with Crippen LogP contribution in [0.2, 0.25) is 0 Å². The van der Waals surface area contributed by atoms with Gasteiger partial charge >= 0.3 is 0 Å². The Morgan fingerprint density at radius 1 is 0.424 bits per heavy atom. The second-order valence-corrected chi connectivity index (χ2v) is 18.2. The Hall–Kier alpha value is -1.39. The lowest BCUT2D eigenvalue weighted by molar-refractivity contribution is -0.832. The highest BCUT2D eigenvalue weighted by Gasteiger charge is 2.35. The average molecular weight is 851 g/mol. The quantitative estimate of drug-likeness (QED) is 0.0206. The van der Waals surface area contributed by atoms with Gasteiger partial charge in [0.25, 0.3) is 0 Å². The van der Waals surface area contributed by atoms with Gasteiger partial charge in [0.15, 0.2) is 11.7 Å². The summed E-state index contributed by atoms with van der Waals surface area (Å²) in [6.45, 7) is 23.4. The van der Waals surface area contributed by atoms with E-state index >= 15 is 0 Å². The monoisotopic (exact) mass is 851 g/mol. The van der Waals surface area contributed by atoms with Crippen LogP contribution in [0.25, 0.3) is 0 Å². The van der Waals surface area contributed by atoms with Gasteiger partial charge in [-0.25, -0.2) is 9.98 Å². The van der Waals surface area contributed by atoms with Gasteiger partial charge in [0.2, 0.25) is 0 Å². The molecule has 2 aliphatic rings. The molecule has 0 aromatic rings. The number of rotatable bonds is 36. The lowest BCUT2D eigenvalue weighted by atomic mass is 10.1. The van der Waals surface area contributed by atoms with Crippen molar-refractivity contribution in [3.05, 3.63) is 24.3 Å². The average Bonchev–Trinajstić information content (AvgIpc) is 3.84. The molecule has 0 radical (unpaired) electrons. The minimum absolute atomic E-state index is 1.06. The Morgan fingerprint density at radius 3 is 0.915 bits per heavy atom. The molecule has 0 spiro atoms. The maximum absolute atomic E-state index is 8.52. The first-order valence-corrected chi connectivity index (χ1v) is 26.7. The number of nitrogens with zero attached hydrogens (tertiary/aromatic N) is 4. The van der Waals surface area contributed by atoms with Crippen LogP contribution in [0.4, 0.5) is 0 Å². The highest BCUT2D eigenvalue weighted by atomic mass is 32.3. The van der Waals surface area contributed by atoms with E-state index in [-0.39, 0.29) is 0 Å². The van der Waals surface area contributed by atoms with Gasteiger partial charge in [-0.15, -0.1) is 0 Å². The molecule has 0 atom stereocenters. The summed E-state index contributed by atoms with van der Waals surface area (Å²) in [7, 11) is -5.17. The van der Waals surface area contributed by atoms with Crippen LogP contribution in [-0.4, -0.2) is 90.5 Å². The van der Waals surface area contributed by atoms with E-state index < -0.39 is 10.4 Å². The zero-order valence-electron chi connectivity index (χ0n) is 40.0. The third-order valence-electron chi connectivity index (χ3n) is 13.0. The highest BCUT2D eigenvalue weighted by molar-refractivity contribution is 7.79. The molecule has 9 heteroatoms. The number of likely N-dealkylation sites (N-methyl/N-ethyl adjacent to an activating group) is 2. The van der Waals surface area contributed by atoms with Crippen molar-refractivity contribution in [1.82, 2.24) is 0 Å². The van der Waals surface area contributed by atoms with Gasteiger partial charge in [-0.05, 0) is 91.9 Å². The summed E-state index contributed by atoms with van der Waals surface area (Å²) >= 11 is 0. The third kappa shape index (κ3) is 32.0. The summed E-state index contributed by atoms with van der Waals surface area (Å²) in [6, 6.07) is 0. The van der Waals surface area contributed by atoms with Crippen molar-refractivity contribution in [2.75, 3.05) is 52.4 Å². The Morgan fingerprint density at radius 2 is 0.661 bits per heavy atom. The van der Waals surface area contributed by atoms with Crippen LogP contribution in [0.5, 0.6) is 0 Å². The van der Waals surface area contributed by atoms with Crippen LogP contribution in [0.15, 0.2) is 34.3 Å². The first kappa shape index (κ1) is 57.6. The van der Waals surface area contributed by atoms with Crippen LogP contribution in [-0.2, 0) is 10.4 Å². The summed E-state index contributed by atoms with van der Waals surface area (Å²) in [5.41, 5.74) is 0. The molecular weight excluding hydrogens is 753 g/mol. The standard InChI is InChI=1S/2C25H49N2.H2O4S/c2*1-4-7-8-9-10-11-12-13-14-15-16-17-18-19-20-21-22-25-26-23-24-27(25,5-2)6-3;1-5(2,3)4/h2*13-14H,4-12,15-24H2,1-3H3;(H2,1,2,3,4)/q2*+1;/p-2. The minimum atomic E-state index is -5.17. The largest absolute Gasteiger partial charge is 0.759 e. The normalized spacial score (nSPS) is 15.9. The lowest BCUT2D eigenvalue weighted by Gasteiger charge is -2.32. The molecule has 0 aromatic heterocycles. The van der Waals surface area contributed by atoms with Crippen molar-refractivity contribution in [2.24, 2.45) is 9.98 Å². The number of hydrogen-bond donors (Lipinski definition) is 0. The van der Waals surface area contributed by atoms with E-state index in [1.165, 1.54) is 253 Å². The Labute approximate surface area is 368 Å². The van der Waals surface area contributed by atoms with E-state index in [0.29, 0.717) is 0 Å². The number of hydrogen-bond acceptors (Lipinski definition) is 6. The van der Waals surface area contributed by atoms with Crippen molar-refractivity contribution < 1.29 is 26.5 Å². The second kappa shape index (κ2) is 39.5. The molecule has 0 aromatic carbocycles. The van der Waals surface area contributed by atoms with Gasteiger partial charge in [-0.2, -0.15) is 0 Å². The Balaban J connectivity index is 0.00000102. The molecule has 59 heavy (non-hydrogen) atoms. The number of unbranched alkanes of at least 4 members (excludes halogenated alkanes) is 24. The lowest BCUT2D eigenvalue weighted by Crippen LogP contribution is -2.50. The van der Waals surface area contributed by atoms with Crippen molar-refractivity contribution >= 4 is 22.1 Å². The maximum atomic E-state index is 8.52. The van der Waals surface area contributed by atoms with E-state index in [2.05, 4.69) is 65.8 Å². The van der Waals surface area contributed by atoms with Gasteiger partial charge in [0.1, 0.15) is 13.1 Å². The molecule has 348 valence electrons. The zero-order valence-corrected chi connectivity index (χ0v) is 40.8. The van der Waals surface area contributed by atoms with E-state index in [9.17, 15) is 0 Å².